The van der Waals surface area contributed by atoms with Crippen LogP contribution in [-0.4, -0.2) is 45.9 Å². The number of rotatable bonds is 6. The molecule has 2 amide bonds. The van der Waals surface area contributed by atoms with E-state index in [4.69, 9.17) is 9.47 Å². The van der Waals surface area contributed by atoms with Gasteiger partial charge in [0.25, 0.3) is 0 Å². The molecule has 9 nitrogen and oxygen atoms in total. The number of nitrogens with one attached hydrogen (secondary N) is 2. The molecule has 1 atom stereocenters. The summed E-state index contributed by atoms with van der Waals surface area (Å²) in [5.74, 6) is 0.185. The highest BCUT2D eigenvalue weighted by molar-refractivity contribution is 5.91. The predicted octanol–water partition coefficient (Wildman–Crippen LogP) is 1.20. The monoisotopic (exact) mass is 321 g/mol. The Balaban J connectivity index is 2.12. The molecule has 0 bridgehead atoms. The van der Waals surface area contributed by atoms with E-state index in [0.29, 0.717) is 18.1 Å². The van der Waals surface area contributed by atoms with E-state index < -0.39 is 18.0 Å². The third-order valence-corrected chi connectivity index (χ3v) is 2.90. The van der Waals surface area contributed by atoms with Crippen LogP contribution in [-0.2, 0) is 9.53 Å². The second kappa shape index (κ2) is 7.43. The minimum Gasteiger partial charge on any atom is -0.479 e. The fraction of sp³-hybridized carbons (Fsp3) is 0.429. The molecule has 2 heterocycles. The van der Waals surface area contributed by atoms with Crippen LogP contribution in [0.5, 0.6) is 5.88 Å². The van der Waals surface area contributed by atoms with E-state index in [2.05, 4.69) is 20.8 Å². The number of hydrogen-bond donors (Lipinski definition) is 2. The number of pyridine rings is 1. The number of carbonyl (C=O) groups excluding carboxylic acids is 2. The fourth-order valence-electron chi connectivity index (χ4n) is 1.91. The standard InChI is InChI=1S/C14H19N5O4/c1-4-22-11-8-6-7-10-17-18-13(19(10)11)16-14(21)15-9(3)12(20)23-5-2/h6-9H,4-5H2,1-3H3,(H2,15,16,18,21)/t9-/m0/s1. The van der Waals surface area contributed by atoms with Gasteiger partial charge in [0.1, 0.15) is 6.04 Å². The van der Waals surface area contributed by atoms with Crippen LogP contribution in [0.25, 0.3) is 5.65 Å². The van der Waals surface area contributed by atoms with Gasteiger partial charge in [0, 0.05) is 0 Å². The fourth-order valence-corrected chi connectivity index (χ4v) is 1.91. The summed E-state index contributed by atoms with van der Waals surface area (Å²) < 4.78 is 11.9. The first-order chi connectivity index (χ1) is 11.1. The molecule has 0 saturated heterocycles. The summed E-state index contributed by atoms with van der Waals surface area (Å²) in [6.07, 6.45) is 0. The highest BCUT2D eigenvalue weighted by atomic mass is 16.5. The molecule has 9 heteroatoms. The van der Waals surface area contributed by atoms with Crippen molar-refractivity contribution >= 4 is 23.6 Å². The van der Waals surface area contributed by atoms with Crippen LogP contribution in [0, 0.1) is 0 Å². The Bertz CT molecular complexity index is 700. The van der Waals surface area contributed by atoms with Crippen molar-refractivity contribution in [1.29, 1.82) is 0 Å². The number of urea groups is 1. The van der Waals surface area contributed by atoms with Crippen molar-refractivity contribution in [1.82, 2.24) is 19.9 Å². The van der Waals surface area contributed by atoms with Crippen molar-refractivity contribution < 1.29 is 19.1 Å². The quantitative estimate of drug-likeness (QED) is 0.774. The van der Waals surface area contributed by atoms with Gasteiger partial charge in [-0.05, 0) is 32.9 Å². The van der Waals surface area contributed by atoms with Crippen LogP contribution in [0.3, 0.4) is 0 Å². The number of ether oxygens (including phenoxy) is 2. The number of hydrogen-bond acceptors (Lipinski definition) is 6. The molecule has 23 heavy (non-hydrogen) atoms. The third kappa shape index (κ3) is 3.87. The summed E-state index contributed by atoms with van der Waals surface area (Å²) in [4.78, 5) is 23.5. The van der Waals surface area contributed by atoms with Crippen molar-refractivity contribution in [2.45, 2.75) is 26.8 Å². The third-order valence-electron chi connectivity index (χ3n) is 2.90. The maximum absolute atomic E-state index is 12.0. The Labute approximate surface area is 133 Å². The molecule has 0 spiro atoms. The maximum atomic E-state index is 12.0. The number of amides is 2. The number of fused-ring (bicyclic) bond motifs is 1. The van der Waals surface area contributed by atoms with Gasteiger partial charge < -0.3 is 14.8 Å². The van der Waals surface area contributed by atoms with Gasteiger partial charge in [-0.15, -0.1) is 10.2 Å². The molecule has 0 aliphatic heterocycles. The zero-order chi connectivity index (χ0) is 16.8. The number of nitrogens with zero attached hydrogens (tertiary/aromatic N) is 3. The normalized spacial score (nSPS) is 11.8. The van der Waals surface area contributed by atoms with Crippen LogP contribution in [0.4, 0.5) is 10.7 Å². The molecular formula is C14H19N5O4. The molecule has 2 aromatic rings. The zero-order valence-corrected chi connectivity index (χ0v) is 13.2. The van der Waals surface area contributed by atoms with E-state index in [-0.39, 0.29) is 12.6 Å². The molecule has 0 saturated carbocycles. The molecule has 0 aliphatic rings. The van der Waals surface area contributed by atoms with Gasteiger partial charge in [0.05, 0.1) is 13.2 Å². The lowest BCUT2D eigenvalue weighted by molar-refractivity contribution is -0.144. The number of esters is 1. The number of aromatic nitrogens is 3. The first-order valence-corrected chi connectivity index (χ1v) is 7.27. The van der Waals surface area contributed by atoms with Crippen molar-refractivity contribution in [2.75, 3.05) is 18.5 Å². The molecule has 124 valence electrons. The van der Waals surface area contributed by atoms with E-state index in [1.165, 1.54) is 6.92 Å². The van der Waals surface area contributed by atoms with Gasteiger partial charge in [0.2, 0.25) is 11.8 Å². The highest BCUT2D eigenvalue weighted by Gasteiger charge is 2.18. The summed E-state index contributed by atoms with van der Waals surface area (Å²) in [6, 6.07) is 3.89. The molecule has 0 unspecified atom stereocenters. The summed E-state index contributed by atoms with van der Waals surface area (Å²) in [7, 11) is 0. The van der Waals surface area contributed by atoms with Crippen molar-refractivity contribution in [3.05, 3.63) is 18.2 Å². The Morgan fingerprint density at radius 2 is 2.04 bits per heavy atom. The zero-order valence-electron chi connectivity index (χ0n) is 13.2. The van der Waals surface area contributed by atoms with Crippen molar-refractivity contribution in [3.63, 3.8) is 0 Å². The van der Waals surface area contributed by atoms with Gasteiger partial charge in [-0.3, -0.25) is 5.32 Å². The first kappa shape index (κ1) is 16.5. The van der Waals surface area contributed by atoms with E-state index in [9.17, 15) is 9.59 Å². The molecule has 0 aromatic carbocycles. The Morgan fingerprint density at radius 1 is 1.26 bits per heavy atom. The summed E-state index contributed by atoms with van der Waals surface area (Å²) in [5.41, 5.74) is 0.532. The van der Waals surface area contributed by atoms with Crippen LogP contribution in [0.2, 0.25) is 0 Å². The topological polar surface area (TPSA) is 107 Å². The van der Waals surface area contributed by atoms with Gasteiger partial charge in [-0.25, -0.2) is 14.0 Å². The Kier molecular flexibility index (Phi) is 5.34. The molecule has 2 aromatic heterocycles. The van der Waals surface area contributed by atoms with Crippen molar-refractivity contribution in [3.8, 4) is 5.88 Å². The van der Waals surface area contributed by atoms with Gasteiger partial charge >= 0.3 is 12.0 Å². The molecular weight excluding hydrogens is 302 g/mol. The lowest BCUT2D eigenvalue weighted by atomic mass is 10.3. The van der Waals surface area contributed by atoms with Crippen LogP contribution < -0.4 is 15.4 Å². The first-order valence-electron chi connectivity index (χ1n) is 7.27. The summed E-state index contributed by atoms with van der Waals surface area (Å²) in [6.45, 7) is 5.79. The number of anilines is 1. The summed E-state index contributed by atoms with van der Waals surface area (Å²) >= 11 is 0. The second-order valence-electron chi connectivity index (χ2n) is 4.59. The smallest absolute Gasteiger partial charge is 0.328 e. The lowest BCUT2D eigenvalue weighted by Gasteiger charge is -2.13. The van der Waals surface area contributed by atoms with E-state index >= 15 is 0 Å². The second-order valence-corrected chi connectivity index (χ2v) is 4.59. The van der Waals surface area contributed by atoms with Crippen LogP contribution in [0.1, 0.15) is 20.8 Å². The van der Waals surface area contributed by atoms with Gasteiger partial charge in [0.15, 0.2) is 5.65 Å². The van der Waals surface area contributed by atoms with E-state index in [1.54, 1.807) is 29.5 Å². The summed E-state index contributed by atoms with van der Waals surface area (Å²) in [5, 5.41) is 12.9. The number of carbonyl (C=O) groups is 2. The van der Waals surface area contributed by atoms with Crippen molar-refractivity contribution in [2.24, 2.45) is 0 Å². The molecule has 2 N–H and O–H groups in total. The van der Waals surface area contributed by atoms with Gasteiger partial charge in [-0.1, -0.05) is 6.07 Å². The van der Waals surface area contributed by atoms with Crippen LogP contribution >= 0.6 is 0 Å². The largest absolute Gasteiger partial charge is 0.479 e. The predicted molar refractivity (Wildman–Crippen MR) is 82.4 cm³/mol. The average molecular weight is 321 g/mol. The SMILES string of the molecule is CCOC(=O)[C@H](C)NC(=O)Nc1nnc2cccc(OCC)n12. The Morgan fingerprint density at radius 3 is 2.74 bits per heavy atom. The Hall–Kier alpha value is -2.84. The minimum atomic E-state index is -0.777. The molecule has 0 aliphatic carbocycles. The maximum Gasteiger partial charge on any atom is 0.328 e. The minimum absolute atomic E-state index is 0.192. The molecule has 0 fully saturated rings. The average Bonchev–Trinajstić information content (AvgIpc) is 2.91. The van der Waals surface area contributed by atoms with Gasteiger partial charge in [-0.2, -0.15) is 0 Å². The lowest BCUT2D eigenvalue weighted by Crippen LogP contribution is -2.42. The molecule has 0 radical (unpaired) electrons. The van der Waals surface area contributed by atoms with Crippen LogP contribution in [0.15, 0.2) is 18.2 Å². The molecule has 2 rings (SSSR count). The van der Waals surface area contributed by atoms with E-state index in [0.717, 1.165) is 0 Å². The van der Waals surface area contributed by atoms with E-state index in [1.807, 2.05) is 6.92 Å². The highest BCUT2D eigenvalue weighted by Crippen LogP contribution is 2.18.